The lowest BCUT2D eigenvalue weighted by Crippen LogP contribution is -2.39. The topological polar surface area (TPSA) is 145 Å². The Balaban J connectivity index is 1.10. The second-order valence-electron chi connectivity index (χ2n) is 20.2. The molecule has 2 heterocycles. The van der Waals surface area contributed by atoms with Crippen molar-refractivity contribution in [1.29, 1.82) is 0 Å². The Morgan fingerprint density at radius 1 is 0.500 bits per heavy atom. The van der Waals surface area contributed by atoms with E-state index in [1.807, 2.05) is 166 Å². The van der Waals surface area contributed by atoms with Gasteiger partial charge in [-0.15, -0.1) is 9.13 Å². The van der Waals surface area contributed by atoms with Gasteiger partial charge in [-0.05, 0) is 153 Å². The van der Waals surface area contributed by atoms with Crippen molar-refractivity contribution in [3.63, 3.8) is 0 Å². The average molecular weight is 982 g/mol. The lowest BCUT2D eigenvalue weighted by molar-refractivity contribution is -0.538. The van der Waals surface area contributed by atoms with Crippen molar-refractivity contribution in [2.45, 2.75) is 106 Å². The molecule has 0 fully saturated rings. The molecule has 6 aromatic carbocycles. The molecule has 8 rings (SSSR count). The number of nitrogens with two attached hydrogens (primary N) is 2. The maximum atomic E-state index is 14.2. The van der Waals surface area contributed by atoms with Crippen LogP contribution >= 0.6 is 23.2 Å². The minimum absolute atomic E-state index is 0.393. The molecule has 2 amide bonds. The summed E-state index contributed by atoms with van der Waals surface area (Å²) in [5.41, 5.74) is 25.9. The summed E-state index contributed by atoms with van der Waals surface area (Å²) in [7, 11) is 0. The van der Waals surface area contributed by atoms with Gasteiger partial charge in [0.2, 0.25) is 33.4 Å². The van der Waals surface area contributed by atoms with E-state index in [0.717, 1.165) is 90.6 Å². The number of carbonyl (C=O) groups is 2. The molecule has 14 heteroatoms. The van der Waals surface area contributed by atoms with Gasteiger partial charge in [0.1, 0.15) is 33.3 Å². The van der Waals surface area contributed by atoms with E-state index in [2.05, 4.69) is 9.13 Å². The highest BCUT2D eigenvalue weighted by atomic mass is 35.5. The zero-order valence-corrected chi connectivity index (χ0v) is 43.2. The SMILES string of the molecule is Cc1cc2nc3cc(C)c(N(CCCCCCN(C(=O)OC(C)(C)C)c4cc5c(cc4C)nc4cc(C)c(N)cc4[n+]5-c4ccc(Cl)cc4)C(=O)OC(C)(C)C)cc3[n+](-c3ccc(Cl)cc3)c2cc1N. The predicted molar refractivity (Wildman–Crippen MR) is 285 cm³/mol. The van der Waals surface area contributed by atoms with Crippen LogP contribution in [0.2, 0.25) is 10.0 Å². The molecule has 0 saturated carbocycles. The van der Waals surface area contributed by atoms with E-state index in [0.29, 0.717) is 58.7 Å². The molecular weight excluding hydrogens is 920 g/mol. The first-order chi connectivity index (χ1) is 33.0. The molecule has 0 aliphatic carbocycles. The van der Waals surface area contributed by atoms with Crippen LogP contribution in [0.25, 0.3) is 55.5 Å². The summed E-state index contributed by atoms with van der Waals surface area (Å²) < 4.78 is 16.3. The number of halogens is 2. The van der Waals surface area contributed by atoms with Crippen molar-refractivity contribution < 1.29 is 28.2 Å². The zero-order valence-electron chi connectivity index (χ0n) is 41.7. The Morgan fingerprint density at radius 3 is 1.14 bits per heavy atom. The van der Waals surface area contributed by atoms with Crippen LogP contribution in [0.3, 0.4) is 0 Å². The first-order valence-corrected chi connectivity index (χ1v) is 24.5. The molecule has 0 aliphatic heterocycles. The first-order valence-electron chi connectivity index (χ1n) is 23.7. The number of nitrogens with zero attached hydrogens (tertiary/aromatic N) is 6. The zero-order chi connectivity index (χ0) is 50.4. The van der Waals surface area contributed by atoms with Crippen LogP contribution < -0.4 is 30.4 Å². The van der Waals surface area contributed by atoms with Gasteiger partial charge in [0.15, 0.2) is 0 Å². The minimum atomic E-state index is -0.730. The maximum absolute atomic E-state index is 14.2. The Bertz CT molecular complexity index is 3110. The number of aryl methyl sites for hydroxylation is 4. The highest BCUT2D eigenvalue weighted by Gasteiger charge is 2.30. The Hall–Kier alpha value is -6.76. The molecule has 0 radical (unpaired) electrons. The van der Waals surface area contributed by atoms with Gasteiger partial charge in [0, 0.05) is 83.0 Å². The number of rotatable bonds is 11. The Labute approximate surface area is 419 Å². The van der Waals surface area contributed by atoms with Crippen molar-refractivity contribution in [1.82, 2.24) is 9.97 Å². The van der Waals surface area contributed by atoms with Crippen molar-refractivity contribution in [2.24, 2.45) is 0 Å². The van der Waals surface area contributed by atoms with E-state index >= 15 is 0 Å². The maximum Gasteiger partial charge on any atom is 0.414 e. The molecule has 0 spiro atoms. The number of benzene rings is 6. The fraction of sp³-hybridized carbons (Fsp3) is 0.321. The summed E-state index contributed by atoms with van der Waals surface area (Å²) in [6.45, 7) is 19.9. The third-order valence-electron chi connectivity index (χ3n) is 12.3. The summed E-state index contributed by atoms with van der Waals surface area (Å²) in [6.07, 6.45) is 2.00. The van der Waals surface area contributed by atoms with Crippen LogP contribution in [0.1, 0.15) is 89.5 Å². The highest BCUT2D eigenvalue weighted by molar-refractivity contribution is 6.30. The fourth-order valence-corrected chi connectivity index (χ4v) is 9.05. The van der Waals surface area contributed by atoms with Crippen LogP contribution in [-0.4, -0.2) is 46.4 Å². The summed E-state index contributed by atoms with van der Waals surface area (Å²) in [4.78, 5) is 42.1. The van der Waals surface area contributed by atoms with Crippen LogP contribution in [0.4, 0.5) is 32.3 Å². The number of carbonyl (C=O) groups excluding carboxylic acids is 2. The van der Waals surface area contributed by atoms with Gasteiger partial charge < -0.3 is 20.9 Å². The average Bonchev–Trinajstić information content (AvgIpc) is 3.26. The van der Waals surface area contributed by atoms with Gasteiger partial charge in [-0.25, -0.2) is 19.6 Å². The van der Waals surface area contributed by atoms with E-state index in [1.165, 1.54) is 0 Å². The highest BCUT2D eigenvalue weighted by Crippen LogP contribution is 2.33. The number of hydrogen-bond donors (Lipinski definition) is 2. The molecule has 0 saturated heterocycles. The molecule has 8 aromatic rings. The van der Waals surface area contributed by atoms with E-state index < -0.39 is 23.4 Å². The summed E-state index contributed by atoms with van der Waals surface area (Å²) in [6, 6.07) is 31.2. The summed E-state index contributed by atoms with van der Waals surface area (Å²) >= 11 is 12.7. The second kappa shape index (κ2) is 19.6. The molecule has 2 aromatic heterocycles. The molecule has 0 aliphatic rings. The molecule has 0 unspecified atom stereocenters. The van der Waals surface area contributed by atoms with Crippen LogP contribution in [-0.2, 0) is 9.47 Å². The number of amides is 2. The Kier molecular flexibility index (Phi) is 13.9. The van der Waals surface area contributed by atoms with Crippen molar-refractivity contribution in [3.8, 4) is 11.4 Å². The normalized spacial score (nSPS) is 12.0. The summed E-state index contributed by atoms with van der Waals surface area (Å²) in [5.74, 6) is 0. The van der Waals surface area contributed by atoms with E-state index in [-0.39, 0.29) is 0 Å². The van der Waals surface area contributed by atoms with E-state index in [9.17, 15) is 9.59 Å². The Morgan fingerprint density at radius 2 is 0.814 bits per heavy atom. The van der Waals surface area contributed by atoms with E-state index in [4.69, 9.17) is 54.1 Å². The smallest absolute Gasteiger partial charge is 0.414 e. The van der Waals surface area contributed by atoms with Crippen LogP contribution in [0.5, 0.6) is 0 Å². The quantitative estimate of drug-likeness (QED) is 0.0564. The molecular formula is C56H62Cl2N8O4+2. The number of anilines is 4. The molecule has 70 heavy (non-hydrogen) atoms. The number of nitrogen functional groups attached to an aromatic ring is 2. The third-order valence-corrected chi connectivity index (χ3v) is 12.8. The molecule has 4 N–H and O–H groups in total. The van der Waals surface area contributed by atoms with Crippen molar-refractivity contribution in [2.75, 3.05) is 34.4 Å². The number of fused-ring (bicyclic) bond motifs is 4. The standard InChI is InChI=1S/C56H60Cl2N8O4/c1-33-25-43-49(29-41(33)59)65(39-19-15-37(57)16-20-39)51-31-47(35(3)27-45(51)61-43)63(53(67)69-55(5,6)7)23-13-11-12-14-24-64(54(68)70-56(8,9)10)48-32-52-46(28-36(48)4)62-44-26-34(2)42(60)30-50(44)66(52)40-21-17-38(58)18-22-40/h15-22,25-32,59-60H,11-14,23-24H2,1-10H3/p+2. The molecule has 0 atom stereocenters. The van der Waals surface area contributed by atoms with Crippen molar-refractivity contribution in [3.05, 3.63) is 129 Å². The van der Waals surface area contributed by atoms with Gasteiger partial charge in [0.25, 0.3) is 0 Å². The lowest BCUT2D eigenvalue weighted by atomic mass is 10.1. The lowest BCUT2D eigenvalue weighted by Gasteiger charge is -2.29. The second-order valence-corrected chi connectivity index (χ2v) is 21.0. The third kappa shape index (κ3) is 10.7. The summed E-state index contributed by atoms with van der Waals surface area (Å²) in [5, 5.41) is 1.24. The largest absolute Gasteiger partial charge is 0.443 e. The monoisotopic (exact) mass is 980 g/mol. The number of hydrogen-bond acceptors (Lipinski definition) is 8. The number of unbranched alkanes of at least 4 members (excludes halogenated alkanes) is 3. The predicted octanol–water partition coefficient (Wildman–Crippen LogP) is 13.1. The van der Waals surface area contributed by atoms with Crippen LogP contribution in [0, 0.1) is 27.7 Å². The fourth-order valence-electron chi connectivity index (χ4n) is 8.79. The van der Waals surface area contributed by atoms with Gasteiger partial charge in [-0.3, -0.25) is 9.80 Å². The van der Waals surface area contributed by atoms with E-state index in [1.54, 1.807) is 9.80 Å². The van der Waals surface area contributed by atoms with Crippen LogP contribution in [0.15, 0.2) is 97.1 Å². The number of aromatic nitrogens is 4. The molecule has 362 valence electrons. The van der Waals surface area contributed by atoms with Gasteiger partial charge in [0.05, 0.1) is 11.4 Å². The van der Waals surface area contributed by atoms with Gasteiger partial charge in [-0.1, -0.05) is 36.0 Å². The molecule has 0 bridgehead atoms. The first kappa shape index (κ1) is 49.7. The molecule has 12 nitrogen and oxygen atoms in total. The minimum Gasteiger partial charge on any atom is -0.443 e. The van der Waals surface area contributed by atoms with Gasteiger partial charge >= 0.3 is 12.2 Å². The van der Waals surface area contributed by atoms with Gasteiger partial charge in [-0.2, -0.15) is 0 Å². The number of ether oxygens (including phenoxy) is 2. The van der Waals surface area contributed by atoms with Crippen molar-refractivity contribution >= 4 is 102 Å².